The maximum Gasteiger partial charge on any atom is 0.469 e. The van der Waals surface area contributed by atoms with Crippen LogP contribution in [0.5, 0.6) is 0 Å². The second-order valence-corrected chi connectivity index (χ2v) is 25.3. The van der Waals surface area contributed by atoms with E-state index in [0.717, 1.165) is 43.1 Å². The number of aromatic amines is 1. The van der Waals surface area contributed by atoms with Crippen LogP contribution in [0, 0.1) is 6.92 Å². The Morgan fingerprint density at radius 3 is 0.940 bits per heavy atom. The largest absolute Gasteiger partial charge is 0.481 e. The first-order valence-electron chi connectivity index (χ1n) is 34.5. The average molecular weight is 1220 g/mol. The molecule has 1 aliphatic heterocycles. The molecule has 0 amide bonds. The smallest absolute Gasteiger partial charge is 0.469 e. The Hall–Kier alpha value is -2.88. The van der Waals surface area contributed by atoms with Gasteiger partial charge in [-0.05, 0) is 26.2 Å². The Labute approximate surface area is 510 Å². The van der Waals surface area contributed by atoms with Crippen molar-refractivity contribution in [1.29, 1.82) is 0 Å². The van der Waals surface area contributed by atoms with Crippen LogP contribution < -0.4 is 11.2 Å². The molecule has 17 heteroatoms. The molecule has 16 nitrogen and oxygen atoms in total. The van der Waals surface area contributed by atoms with Crippen molar-refractivity contribution in [2.24, 2.45) is 0 Å². The number of nitrogens with one attached hydrogen (secondary N) is 1. The van der Waals surface area contributed by atoms with E-state index in [4.69, 9.17) is 29.8 Å². The maximum atomic E-state index is 11.7. The number of hydrogen-bond acceptors (Lipinski definition) is 9. The van der Waals surface area contributed by atoms with E-state index in [0.29, 0.717) is 24.8 Å². The fourth-order valence-electron chi connectivity index (χ4n) is 10.5. The van der Waals surface area contributed by atoms with Gasteiger partial charge in [0, 0.05) is 37.4 Å². The Morgan fingerprint density at radius 1 is 0.476 bits per heavy atom. The molecule has 1 aromatic rings. The van der Waals surface area contributed by atoms with Crippen LogP contribution in [0.15, 0.2) is 15.8 Å². The molecule has 0 unspecified atom stereocenters. The second kappa shape index (κ2) is 61.8. The number of H-pyrrole nitrogens is 1. The summed E-state index contributed by atoms with van der Waals surface area (Å²) in [7, 11) is -4.67. The van der Waals surface area contributed by atoms with Crippen molar-refractivity contribution in [3.63, 3.8) is 0 Å². The number of ether oxygens (including phenoxy) is 1. The zero-order chi connectivity index (χ0) is 62.6. The lowest BCUT2D eigenvalue weighted by molar-refractivity contribution is -0.138. The highest BCUT2D eigenvalue weighted by molar-refractivity contribution is 7.46. The third-order valence-electron chi connectivity index (χ3n) is 15.8. The van der Waals surface area contributed by atoms with Crippen LogP contribution in [0.4, 0.5) is 0 Å². The lowest BCUT2D eigenvalue weighted by atomic mass is 10.0. The van der Waals surface area contributed by atoms with Gasteiger partial charge in [0.05, 0.1) is 12.7 Å². The molecule has 0 aliphatic carbocycles. The second-order valence-electron chi connectivity index (χ2n) is 24.0. The van der Waals surface area contributed by atoms with E-state index in [9.17, 15) is 33.6 Å². The average Bonchev–Trinajstić information content (AvgIpc) is 3.25. The first kappa shape index (κ1) is 83.2. The van der Waals surface area contributed by atoms with Gasteiger partial charge in [0.15, 0.2) is 0 Å². The summed E-state index contributed by atoms with van der Waals surface area (Å²) in [5, 5.41) is 35.4. The van der Waals surface area contributed by atoms with Crippen LogP contribution in [-0.4, -0.2) is 76.5 Å². The Morgan fingerprint density at radius 2 is 0.714 bits per heavy atom. The minimum Gasteiger partial charge on any atom is -0.481 e. The van der Waals surface area contributed by atoms with Crippen LogP contribution in [0.25, 0.3) is 0 Å². The quantitative estimate of drug-likeness (QED) is 0.0236. The van der Waals surface area contributed by atoms with Crippen LogP contribution in [0.3, 0.4) is 0 Å². The fourth-order valence-corrected chi connectivity index (χ4v) is 10.8. The summed E-state index contributed by atoms with van der Waals surface area (Å²) >= 11 is 0. The van der Waals surface area contributed by atoms with Gasteiger partial charge < -0.3 is 34.9 Å². The molecular weight excluding hydrogens is 1090 g/mol. The third-order valence-corrected chi connectivity index (χ3v) is 16.3. The van der Waals surface area contributed by atoms with Gasteiger partial charge in [-0.25, -0.2) is 9.36 Å². The summed E-state index contributed by atoms with van der Waals surface area (Å²) in [4.78, 5) is 73.4. The van der Waals surface area contributed by atoms with Crippen molar-refractivity contribution in [2.75, 3.05) is 6.61 Å². The Bertz CT molecular complexity index is 1690. The molecule has 0 saturated carbocycles. The first-order valence-corrected chi connectivity index (χ1v) is 36.0. The number of carbonyl (C=O) groups is 3. The van der Waals surface area contributed by atoms with Crippen molar-refractivity contribution in [3.05, 3.63) is 32.6 Å². The Kier molecular flexibility index (Phi) is 61.2. The van der Waals surface area contributed by atoms with Crippen molar-refractivity contribution in [1.82, 2.24) is 9.55 Å². The van der Waals surface area contributed by atoms with Gasteiger partial charge in [0.2, 0.25) is 0 Å². The van der Waals surface area contributed by atoms with E-state index in [-0.39, 0.29) is 6.42 Å². The number of nitrogens with zero attached hydrogens (tertiary/aromatic N) is 1. The zero-order valence-electron chi connectivity index (χ0n) is 54.1. The monoisotopic (exact) mass is 1220 g/mol. The summed E-state index contributed by atoms with van der Waals surface area (Å²) in [5.74, 6) is -1.96. The number of hydrogen-bond donors (Lipinski definition) is 7. The lowest BCUT2D eigenvalue weighted by Gasteiger charge is -2.16. The molecule has 2 rings (SSSR count). The fraction of sp³-hybridized carbons (Fsp3) is 0.896. The molecule has 0 aromatic carbocycles. The topological polar surface area (TPSA) is 263 Å². The predicted octanol–water partition coefficient (Wildman–Crippen LogP) is 18.8. The highest BCUT2D eigenvalue weighted by Crippen LogP contribution is 2.38. The van der Waals surface area contributed by atoms with Crippen molar-refractivity contribution in [2.45, 2.75) is 380 Å². The molecular formula is C67H129N2O14P. The number of aromatic nitrogens is 2. The number of phosphoric acid groups is 1. The summed E-state index contributed by atoms with van der Waals surface area (Å²) in [6, 6.07) is 0. The molecule has 1 aliphatic rings. The standard InChI is InChI=1S/3C19H38O2.C10H15N2O8P/c3*1-2-3-4-5-6-7-8-9-10-11-12-13-14-15-16-17-18-19(20)21;1-5-3-12(10(15)11-9(5)14)8-2-6(13)7(20-8)4-19-21(16,17)18/h3*2-18H2,1H3,(H,20,21);3,6-8,13H,2,4H2,1H3,(H,11,14,15)(H2,16,17,18)/t;;;6-,7+,8+/m...0/s1. The lowest BCUT2D eigenvalue weighted by Crippen LogP contribution is -2.33. The predicted molar refractivity (Wildman–Crippen MR) is 344 cm³/mol. The summed E-state index contributed by atoms with van der Waals surface area (Å²) in [6.45, 7) is 7.82. The SMILES string of the molecule is CCCCCCCCCCCCCCCCCCC(=O)O.CCCCCCCCCCCCCCCCCCC(=O)O.CCCCCCCCCCCCCCCCCCC(=O)O.Cc1cn([C@H]2C[C@H](O)[C@@H](COP(=O)(O)O)O2)c(=O)[nH]c1=O. The number of aliphatic hydroxyl groups is 1. The minimum absolute atomic E-state index is 0.0283. The van der Waals surface area contributed by atoms with Crippen LogP contribution in [0.1, 0.15) is 366 Å². The summed E-state index contributed by atoms with van der Waals surface area (Å²) < 4.78 is 21.4. The molecule has 1 fully saturated rings. The number of phosphoric ester groups is 1. The molecule has 496 valence electrons. The van der Waals surface area contributed by atoms with E-state index in [1.54, 1.807) is 0 Å². The van der Waals surface area contributed by atoms with E-state index in [2.05, 4.69) is 30.3 Å². The summed E-state index contributed by atoms with van der Waals surface area (Å²) in [6.07, 6.45) is 63.4. The van der Waals surface area contributed by atoms with Gasteiger partial charge in [0.1, 0.15) is 12.3 Å². The van der Waals surface area contributed by atoms with E-state index >= 15 is 0 Å². The highest BCUT2D eigenvalue weighted by Gasteiger charge is 2.37. The van der Waals surface area contributed by atoms with Gasteiger partial charge in [-0.15, -0.1) is 0 Å². The van der Waals surface area contributed by atoms with Gasteiger partial charge in [0.25, 0.3) is 5.56 Å². The third kappa shape index (κ3) is 60.8. The van der Waals surface area contributed by atoms with Gasteiger partial charge in [-0.3, -0.25) is 33.3 Å². The number of aryl methyl sites for hydroxylation is 1. The number of aliphatic hydroxyl groups excluding tert-OH is 1. The van der Waals surface area contributed by atoms with Crippen LogP contribution in [-0.2, 0) is 28.2 Å². The molecule has 2 heterocycles. The van der Waals surface area contributed by atoms with E-state index in [1.807, 2.05) is 0 Å². The molecule has 7 N–H and O–H groups in total. The van der Waals surface area contributed by atoms with Gasteiger partial charge >= 0.3 is 31.4 Å². The Balaban J connectivity index is 0. The van der Waals surface area contributed by atoms with Crippen molar-refractivity contribution in [3.8, 4) is 0 Å². The zero-order valence-corrected chi connectivity index (χ0v) is 55.0. The molecule has 3 atom stereocenters. The minimum atomic E-state index is -4.67. The van der Waals surface area contributed by atoms with Crippen LogP contribution >= 0.6 is 7.82 Å². The number of rotatable bonds is 55. The van der Waals surface area contributed by atoms with Crippen molar-refractivity contribution < 1.29 is 58.4 Å². The normalized spacial score (nSPS) is 14.7. The summed E-state index contributed by atoms with van der Waals surface area (Å²) in [5.41, 5.74) is -0.918. The molecule has 0 radical (unpaired) electrons. The first-order chi connectivity index (χ1) is 40.5. The molecule has 84 heavy (non-hydrogen) atoms. The molecule has 1 saturated heterocycles. The number of aliphatic carboxylic acids is 3. The molecule has 1 aromatic heterocycles. The number of carboxylic acid groups (broad SMARTS) is 3. The van der Waals surface area contributed by atoms with Gasteiger partial charge in [-0.1, -0.05) is 310 Å². The van der Waals surface area contributed by atoms with E-state index in [1.165, 1.54) is 283 Å². The number of carboxylic acids is 3. The molecule has 0 bridgehead atoms. The van der Waals surface area contributed by atoms with Gasteiger partial charge in [-0.2, -0.15) is 0 Å². The highest BCUT2D eigenvalue weighted by atomic mass is 31.2. The molecule has 0 spiro atoms. The maximum absolute atomic E-state index is 11.7. The van der Waals surface area contributed by atoms with Crippen LogP contribution in [0.2, 0.25) is 0 Å². The van der Waals surface area contributed by atoms with E-state index < -0.39 is 62.0 Å². The number of unbranched alkanes of at least 4 members (excludes halogenated alkanes) is 45. The van der Waals surface area contributed by atoms with Crippen molar-refractivity contribution >= 4 is 25.7 Å².